The summed E-state index contributed by atoms with van der Waals surface area (Å²) in [5.74, 6) is -3.18. The van der Waals surface area contributed by atoms with Crippen molar-refractivity contribution in [3.05, 3.63) is 40.9 Å². The summed E-state index contributed by atoms with van der Waals surface area (Å²) < 4.78 is 5.93. The number of halogens is 1. The molecule has 1 aromatic rings. The Morgan fingerprint density at radius 3 is 2.21 bits per heavy atom. The number of carboxylic acids is 1. The maximum absolute atomic E-state index is 12.9. The van der Waals surface area contributed by atoms with Crippen molar-refractivity contribution in [2.75, 3.05) is 4.90 Å². The molecule has 2 fully saturated rings. The normalized spacial score (nSPS) is 36.5. The van der Waals surface area contributed by atoms with Crippen molar-refractivity contribution in [3.8, 4) is 0 Å². The third-order valence-corrected chi connectivity index (χ3v) is 5.49. The smallest absolute Gasteiger partial charge is 0.337 e. The second-order valence-corrected chi connectivity index (χ2v) is 7.15. The molecular formula is C17H14ClNO5. The summed E-state index contributed by atoms with van der Waals surface area (Å²) >= 11 is 5.87. The lowest BCUT2D eigenvalue weighted by atomic mass is 9.73. The number of fused-ring (bicyclic) bond motifs is 5. The highest BCUT2D eigenvalue weighted by molar-refractivity contribution is 6.34. The molecule has 1 aromatic carbocycles. The van der Waals surface area contributed by atoms with Crippen LogP contribution in [0.5, 0.6) is 0 Å². The fraction of sp³-hybridized carbons (Fsp3) is 0.353. The minimum Gasteiger partial charge on any atom is -0.478 e. The zero-order chi connectivity index (χ0) is 17.4. The van der Waals surface area contributed by atoms with Crippen molar-refractivity contribution in [2.24, 2.45) is 11.8 Å². The van der Waals surface area contributed by atoms with Crippen LogP contribution in [0.15, 0.2) is 30.4 Å². The molecule has 6 nitrogen and oxygen atoms in total. The monoisotopic (exact) mass is 347 g/mol. The largest absolute Gasteiger partial charge is 0.478 e. The summed E-state index contributed by atoms with van der Waals surface area (Å²) in [6, 6.07) is 4.11. The number of carbonyl (C=O) groups is 3. The van der Waals surface area contributed by atoms with Gasteiger partial charge in [-0.15, -0.1) is 0 Å². The van der Waals surface area contributed by atoms with E-state index in [9.17, 15) is 19.5 Å². The Morgan fingerprint density at radius 1 is 1.17 bits per heavy atom. The molecule has 0 aliphatic carbocycles. The number of ether oxygens (including phenoxy) is 1. The minimum absolute atomic E-state index is 0.0505. The van der Waals surface area contributed by atoms with Gasteiger partial charge in [0.2, 0.25) is 11.8 Å². The molecule has 2 bridgehead atoms. The van der Waals surface area contributed by atoms with Crippen molar-refractivity contribution >= 4 is 35.1 Å². The summed E-state index contributed by atoms with van der Waals surface area (Å²) in [6.45, 7) is 3.58. The highest BCUT2D eigenvalue weighted by Gasteiger charge is 2.70. The Labute approximate surface area is 142 Å². The topological polar surface area (TPSA) is 83.9 Å². The predicted molar refractivity (Wildman–Crippen MR) is 84.9 cm³/mol. The molecule has 1 N–H and O–H groups in total. The Balaban J connectivity index is 1.80. The molecule has 7 heteroatoms. The SMILES string of the molecule is C[C@@]12C=C[C@](C)(O1)[C@H]1C(=O)N(c3ccc(Cl)c(C(=O)O)c3)C(=O)[C@H]12. The molecule has 0 aromatic heterocycles. The van der Waals surface area contributed by atoms with Crippen LogP contribution < -0.4 is 4.90 Å². The molecule has 2 amide bonds. The minimum atomic E-state index is -1.22. The van der Waals surface area contributed by atoms with E-state index in [1.807, 2.05) is 12.2 Å². The number of imide groups is 1. The molecule has 124 valence electrons. The van der Waals surface area contributed by atoms with Crippen molar-refractivity contribution in [1.29, 1.82) is 0 Å². The number of hydrogen-bond acceptors (Lipinski definition) is 4. The number of rotatable bonds is 2. The van der Waals surface area contributed by atoms with Gasteiger partial charge in [0.05, 0.1) is 39.3 Å². The van der Waals surface area contributed by atoms with E-state index >= 15 is 0 Å². The van der Waals surface area contributed by atoms with Gasteiger partial charge < -0.3 is 9.84 Å². The van der Waals surface area contributed by atoms with Crippen molar-refractivity contribution in [1.82, 2.24) is 0 Å². The highest BCUT2D eigenvalue weighted by Crippen LogP contribution is 2.57. The lowest BCUT2D eigenvalue weighted by molar-refractivity contribution is -0.128. The third-order valence-electron chi connectivity index (χ3n) is 5.16. The summed E-state index contributed by atoms with van der Waals surface area (Å²) in [4.78, 5) is 38.1. The zero-order valence-electron chi connectivity index (χ0n) is 12.9. The van der Waals surface area contributed by atoms with Gasteiger partial charge in [0.15, 0.2) is 0 Å². The molecule has 0 radical (unpaired) electrons. The molecule has 0 saturated carbocycles. The van der Waals surface area contributed by atoms with Crippen LogP contribution in [-0.4, -0.2) is 34.1 Å². The maximum Gasteiger partial charge on any atom is 0.337 e. The molecule has 24 heavy (non-hydrogen) atoms. The molecule has 4 atom stereocenters. The van der Waals surface area contributed by atoms with Crippen LogP contribution in [0, 0.1) is 11.8 Å². The number of carbonyl (C=O) groups excluding carboxylic acids is 2. The van der Waals surface area contributed by atoms with Crippen molar-refractivity contribution in [3.63, 3.8) is 0 Å². The Hall–Kier alpha value is -2.18. The van der Waals surface area contributed by atoms with E-state index in [1.54, 1.807) is 13.8 Å². The molecule has 3 aliphatic rings. The Kier molecular flexibility index (Phi) is 2.85. The standard InChI is InChI=1S/C17H14ClNO5/c1-16-5-6-17(2,24-16)12-11(16)13(20)19(14(12)21)8-3-4-10(18)9(7-8)15(22)23/h3-7,11-12H,1-2H3,(H,22,23)/t11-,12+,16-,17-/m0/s1. The van der Waals surface area contributed by atoms with Gasteiger partial charge in [-0.1, -0.05) is 23.8 Å². The van der Waals surface area contributed by atoms with Gasteiger partial charge in [-0.2, -0.15) is 0 Å². The fourth-order valence-corrected chi connectivity index (χ4v) is 4.30. The Morgan fingerprint density at radius 2 is 1.71 bits per heavy atom. The summed E-state index contributed by atoms with van der Waals surface area (Å²) in [7, 11) is 0. The van der Waals surface area contributed by atoms with E-state index in [0.29, 0.717) is 0 Å². The second-order valence-electron chi connectivity index (χ2n) is 6.74. The second kappa shape index (κ2) is 4.46. The molecular weight excluding hydrogens is 334 g/mol. The van der Waals surface area contributed by atoms with E-state index < -0.39 is 29.0 Å². The first-order chi connectivity index (χ1) is 11.2. The molecule has 3 heterocycles. The van der Waals surface area contributed by atoms with Crippen LogP contribution in [0.25, 0.3) is 0 Å². The number of benzene rings is 1. The van der Waals surface area contributed by atoms with Crippen LogP contribution >= 0.6 is 11.6 Å². The van der Waals surface area contributed by atoms with E-state index in [4.69, 9.17) is 16.3 Å². The predicted octanol–water partition coefficient (Wildman–Crippen LogP) is 2.26. The van der Waals surface area contributed by atoms with Crippen molar-refractivity contribution < 1.29 is 24.2 Å². The first-order valence-electron chi connectivity index (χ1n) is 7.49. The van der Waals surface area contributed by atoms with E-state index in [0.717, 1.165) is 4.90 Å². The lowest BCUT2D eigenvalue weighted by Crippen LogP contribution is -2.39. The number of aromatic carboxylic acids is 1. The van der Waals surface area contributed by atoms with Crippen LogP contribution in [0.1, 0.15) is 24.2 Å². The molecule has 3 aliphatic heterocycles. The van der Waals surface area contributed by atoms with Gasteiger partial charge in [-0.25, -0.2) is 9.69 Å². The summed E-state index contributed by atoms with van der Waals surface area (Å²) in [5.41, 5.74) is -1.57. The molecule has 0 spiro atoms. The van der Waals surface area contributed by atoms with Gasteiger partial charge in [-0.05, 0) is 32.0 Å². The van der Waals surface area contributed by atoms with Crippen LogP contribution in [0.2, 0.25) is 5.02 Å². The number of carboxylic acid groups (broad SMARTS) is 1. The van der Waals surface area contributed by atoms with Gasteiger partial charge in [0.1, 0.15) is 0 Å². The van der Waals surface area contributed by atoms with E-state index in [-0.39, 0.29) is 28.1 Å². The van der Waals surface area contributed by atoms with Gasteiger partial charge in [0.25, 0.3) is 0 Å². The van der Waals surface area contributed by atoms with Gasteiger partial charge in [0, 0.05) is 0 Å². The van der Waals surface area contributed by atoms with Crippen LogP contribution in [0.4, 0.5) is 5.69 Å². The van der Waals surface area contributed by atoms with E-state index in [2.05, 4.69) is 0 Å². The van der Waals surface area contributed by atoms with Gasteiger partial charge in [-0.3, -0.25) is 9.59 Å². The molecule has 0 unspecified atom stereocenters. The third kappa shape index (κ3) is 1.72. The number of hydrogen-bond donors (Lipinski definition) is 1. The average molecular weight is 348 g/mol. The van der Waals surface area contributed by atoms with Crippen molar-refractivity contribution in [2.45, 2.75) is 25.0 Å². The molecule has 4 rings (SSSR count). The first kappa shape index (κ1) is 15.4. The van der Waals surface area contributed by atoms with Crippen LogP contribution in [0.3, 0.4) is 0 Å². The number of anilines is 1. The lowest BCUT2D eigenvalue weighted by Gasteiger charge is -2.25. The highest BCUT2D eigenvalue weighted by atomic mass is 35.5. The average Bonchev–Trinajstić information content (AvgIpc) is 3.04. The Bertz CT molecular complexity index is 813. The number of amides is 2. The van der Waals surface area contributed by atoms with E-state index in [1.165, 1.54) is 18.2 Å². The maximum atomic E-state index is 12.9. The zero-order valence-corrected chi connectivity index (χ0v) is 13.7. The quantitative estimate of drug-likeness (QED) is 0.655. The molecule has 2 saturated heterocycles. The fourth-order valence-electron chi connectivity index (χ4n) is 4.10. The number of nitrogens with zero attached hydrogens (tertiary/aromatic N) is 1. The van der Waals surface area contributed by atoms with Gasteiger partial charge >= 0.3 is 5.97 Å². The summed E-state index contributed by atoms with van der Waals surface area (Å²) in [5, 5.41) is 9.25. The van der Waals surface area contributed by atoms with Crippen LogP contribution in [-0.2, 0) is 14.3 Å². The first-order valence-corrected chi connectivity index (χ1v) is 7.87. The summed E-state index contributed by atoms with van der Waals surface area (Å²) in [6.07, 6.45) is 3.65.